The molecule has 1 fully saturated rings. The molecule has 1 aliphatic rings. The van der Waals surface area contributed by atoms with Gasteiger partial charge in [0, 0.05) is 7.11 Å². The molecule has 0 unspecified atom stereocenters. The van der Waals surface area contributed by atoms with Crippen molar-refractivity contribution >= 4 is 69.3 Å². The number of carbonyl (C=O) groups is 2. The molecule has 0 aliphatic carbocycles. The summed E-state index contributed by atoms with van der Waals surface area (Å²) < 4.78 is 26.7. The molecule has 28 heavy (non-hydrogen) atoms. The highest BCUT2D eigenvalue weighted by Gasteiger charge is 2.59. The van der Waals surface area contributed by atoms with Gasteiger partial charge in [0.15, 0.2) is 11.3 Å². The highest BCUT2D eigenvalue weighted by molar-refractivity contribution is 14.1. The molecule has 0 bridgehead atoms. The van der Waals surface area contributed by atoms with Crippen LogP contribution in [-0.2, 0) is 33.3 Å². The van der Waals surface area contributed by atoms with Crippen LogP contribution < -0.4 is 5.32 Å². The van der Waals surface area contributed by atoms with Gasteiger partial charge in [0.1, 0.15) is 12.9 Å². The lowest BCUT2D eigenvalue weighted by Gasteiger charge is -2.49. The minimum Gasteiger partial charge on any atom is -0.467 e. The number of esters is 1. The highest BCUT2D eigenvalue weighted by atomic mass is 127. The van der Waals surface area contributed by atoms with E-state index in [2.05, 4.69) is 5.32 Å². The summed E-state index contributed by atoms with van der Waals surface area (Å²) in [5.74, 6) is -2.94. The maximum absolute atomic E-state index is 12.8. The Morgan fingerprint density at radius 3 is 2.50 bits per heavy atom. The van der Waals surface area contributed by atoms with Crippen molar-refractivity contribution < 1.29 is 33.3 Å². The lowest BCUT2D eigenvalue weighted by Crippen LogP contribution is -2.74. The first kappa shape index (κ1) is 26.2. The van der Waals surface area contributed by atoms with E-state index >= 15 is 0 Å². The van der Waals surface area contributed by atoms with E-state index in [1.165, 1.54) is 7.11 Å². The zero-order valence-electron chi connectivity index (χ0n) is 15.8. The number of ether oxygens (including phenoxy) is 5. The second-order valence-electron chi connectivity index (χ2n) is 6.35. The quantitative estimate of drug-likeness (QED) is 0.206. The minimum atomic E-state index is -2.32. The normalized spacial score (nSPS) is 26.1. The first-order valence-electron chi connectivity index (χ1n) is 8.09. The monoisotopic (exact) mass is 573 g/mol. The highest BCUT2D eigenvalue weighted by Crippen LogP contribution is 2.36. The van der Waals surface area contributed by atoms with Gasteiger partial charge in [-0.05, 0) is 24.4 Å². The van der Waals surface area contributed by atoms with Crippen LogP contribution in [0.3, 0.4) is 0 Å². The lowest BCUT2D eigenvalue weighted by atomic mass is 9.86. The van der Waals surface area contributed by atoms with E-state index in [9.17, 15) is 9.59 Å². The third kappa shape index (κ3) is 6.83. The summed E-state index contributed by atoms with van der Waals surface area (Å²) in [6.45, 7) is 2.97. The first-order chi connectivity index (χ1) is 12.9. The number of hydrogen-bond donors (Lipinski definition) is 1. The molecule has 0 radical (unpaired) electrons. The Kier molecular flexibility index (Phi) is 10.2. The molecule has 0 aromatic heterocycles. The first-order valence-corrected chi connectivity index (χ1v) is 10.5. The van der Waals surface area contributed by atoms with Gasteiger partial charge in [0.05, 0.1) is 19.8 Å². The summed E-state index contributed by atoms with van der Waals surface area (Å²) >= 11 is 19.1. The molecule has 3 atom stereocenters. The molecular weight excluding hydrogens is 551 g/mol. The molecule has 1 amide bonds. The standard InChI is InChI=1S/C16H23Cl3INO7/c1-14(2)27-8-15(13(23)25-4,21-12(22)16(17,18)19)11(28-14)10(6-5-7-20)26-9-24-3/h5,7,10-11H,6,8-9H2,1-4H3,(H,21,22)/b7-5+/t10-,11+,15+/m1/s1. The van der Waals surface area contributed by atoms with Crippen LogP contribution in [0.1, 0.15) is 20.3 Å². The van der Waals surface area contributed by atoms with Crippen LogP contribution in [0.5, 0.6) is 0 Å². The Morgan fingerprint density at radius 2 is 2.00 bits per heavy atom. The van der Waals surface area contributed by atoms with Crippen LogP contribution >= 0.6 is 57.4 Å². The number of methoxy groups -OCH3 is 2. The fourth-order valence-corrected chi connectivity index (χ4v) is 3.05. The average molecular weight is 575 g/mol. The smallest absolute Gasteiger partial charge is 0.336 e. The van der Waals surface area contributed by atoms with Crippen molar-refractivity contribution in [2.75, 3.05) is 27.6 Å². The number of halogens is 4. The molecule has 1 rings (SSSR count). The van der Waals surface area contributed by atoms with E-state index in [1.54, 1.807) is 17.9 Å². The van der Waals surface area contributed by atoms with Crippen molar-refractivity contribution in [2.45, 2.75) is 47.6 Å². The Hall–Kier alpha value is 0.120. The van der Waals surface area contributed by atoms with Gasteiger partial charge in [0.2, 0.25) is 0 Å². The summed E-state index contributed by atoms with van der Waals surface area (Å²) in [6.07, 6.45) is 0.396. The molecule has 8 nitrogen and oxygen atoms in total. The van der Waals surface area contributed by atoms with E-state index in [-0.39, 0.29) is 13.4 Å². The van der Waals surface area contributed by atoms with Crippen molar-refractivity contribution in [3.8, 4) is 0 Å². The molecule has 1 heterocycles. The number of nitrogens with one attached hydrogen (secondary N) is 1. The lowest BCUT2D eigenvalue weighted by molar-refractivity contribution is -0.320. The van der Waals surface area contributed by atoms with E-state index < -0.39 is 39.2 Å². The van der Waals surface area contributed by atoms with Crippen LogP contribution in [0.4, 0.5) is 0 Å². The summed E-state index contributed by atoms with van der Waals surface area (Å²) in [5, 5.41) is 2.44. The van der Waals surface area contributed by atoms with Gasteiger partial charge in [-0.1, -0.05) is 63.5 Å². The molecule has 0 spiro atoms. The van der Waals surface area contributed by atoms with Crippen LogP contribution in [-0.4, -0.2) is 66.8 Å². The molecule has 0 aromatic rings. The van der Waals surface area contributed by atoms with Gasteiger partial charge in [0.25, 0.3) is 9.70 Å². The summed E-state index contributed by atoms with van der Waals surface area (Å²) in [5.41, 5.74) is -1.82. The van der Waals surface area contributed by atoms with Gasteiger partial charge in [-0.25, -0.2) is 4.79 Å². The third-order valence-corrected chi connectivity index (χ3v) is 4.91. The van der Waals surface area contributed by atoms with Gasteiger partial charge in [-0.3, -0.25) is 4.79 Å². The second-order valence-corrected chi connectivity index (χ2v) is 9.35. The van der Waals surface area contributed by atoms with Crippen molar-refractivity contribution in [1.82, 2.24) is 5.32 Å². The van der Waals surface area contributed by atoms with E-state index in [0.29, 0.717) is 6.42 Å². The molecular formula is C16H23Cl3INO7. The van der Waals surface area contributed by atoms with Gasteiger partial charge < -0.3 is 29.0 Å². The predicted molar refractivity (Wildman–Crippen MR) is 113 cm³/mol. The van der Waals surface area contributed by atoms with Gasteiger partial charge >= 0.3 is 5.97 Å². The number of alkyl halides is 3. The Morgan fingerprint density at radius 1 is 1.36 bits per heavy atom. The maximum Gasteiger partial charge on any atom is 0.336 e. The summed E-state index contributed by atoms with van der Waals surface area (Å²) in [7, 11) is 2.62. The van der Waals surface area contributed by atoms with Gasteiger partial charge in [-0.15, -0.1) is 0 Å². The van der Waals surface area contributed by atoms with Crippen molar-refractivity contribution in [2.24, 2.45) is 0 Å². The zero-order valence-corrected chi connectivity index (χ0v) is 20.2. The average Bonchev–Trinajstić information content (AvgIpc) is 2.61. The SMILES string of the molecule is COCO[C@H](C/C=C/I)[C@@H]1OC(C)(C)OC[C@@]1(NC(=O)C(Cl)(Cl)Cl)C(=O)OC. The number of rotatable bonds is 8. The van der Waals surface area contributed by atoms with Crippen LogP contribution in [0.2, 0.25) is 0 Å². The molecule has 1 saturated heterocycles. The molecule has 1 aliphatic heterocycles. The Bertz CT molecular complexity index is 585. The summed E-state index contributed by atoms with van der Waals surface area (Å²) in [6, 6.07) is 0. The fraction of sp³-hybridized carbons (Fsp3) is 0.750. The van der Waals surface area contributed by atoms with Crippen LogP contribution in [0.25, 0.3) is 0 Å². The predicted octanol–water partition coefficient (Wildman–Crippen LogP) is 2.86. The molecule has 0 aromatic carbocycles. The molecule has 1 N–H and O–H groups in total. The number of hydrogen-bond acceptors (Lipinski definition) is 7. The molecule has 12 heteroatoms. The van der Waals surface area contributed by atoms with Crippen molar-refractivity contribution in [3.05, 3.63) is 10.2 Å². The molecule has 162 valence electrons. The van der Waals surface area contributed by atoms with E-state index in [4.69, 9.17) is 58.5 Å². The van der Waals surface area contributed by atoms with Crippen LogP contribution in [0, 0.1) is 0 Å². The maximum atomic E-state index is 12.8. The van der Waals surface area contributed by atoms with E-state index in [0.717, 1.165) is 7.11 Å². The second kappa shape index (κ2) is 10.9. The van der Waals surface area contributed by atoms with E-state index in [1.807, 2.05) is 28.7 Å². The number of amides is 1. The summed E-state index contributed by atoms with van der Waals surface area (Å²) in [4.78, 5) is 25.2. The third-order valence-electron chi connectivity index (χ3n) is 3.88. The zero-order chi connectivity index (χ0) is 21.6. The molecule has 0 saturated carbocycles. The fourth-order valence-electron chi connectivity index (χ4n) is 2.61. The Labute approximate surface area is 192 Å². The van der Waals surface area contributed by atoms with Gasteiger partial charge in [-0.2, -0.15) is 0 Å². The number of carbonyl (C=O) groups excluding carboxylic acids is 2. The largest absolute Gasteiger partial charge is 0.467 e. The Balaban J connectivity index is 3.43. The van der Waals surface area contributed by atoms with Crippen molar-refractivity contribution in [3.63, 3.8) is 0 Å². The topological polar surface area (TPSA) is 92.3 Å². The van der Waals surface area contributed by atoms with Crippen molar-refractivity contribution in [1.29, 1.82) is 0 Å². The van der Waals surface area contributed by atoms with Crippen LogP contribution in [0.15, 0.2) is 10.2 Å². The minimum absolute atomic E-state index is 0.0729.